The van der Waals surface area contributed by atoms with Crippen LogP contribution in [-0.4, -0.2) is 53.0 Å². The molecule has 0 aromatic heterocycles. The molecule has 8 rings (SSSR count). The lowest BCUT2D eigenvalue weighted by Crippen LogP contribution is -2.79. The number of fused-ring (bicyclic) bond motifs is 2. The van der Waals surface area contributed by atoms with Crippen molar-refractivity contribution in [1.82, 2.24) is 0 Å². The zero-order valence-corrected chi connectivity index (χ0v) is 33.0. The average molecular weight is 749 g/mol. The lowest BCUT2D eigenvalue weighted by Gasteiger charge is -2.63. The Bertz CT molecular complexity index is 2140. The van der Waals surface area contributed by atoms with Crippen molar-refractivity contribution in [1.29, 1.82) is 10.5 Å². The summed E-state index contributed by atoms with van der Waals surface area (Å²) in [5.74, 6) is -6.41. The van der Waals surface area contributed by atoms with Gasteiger partial charge in [-0.2, -0.15) is 10.5 Å². The van der Waals surface area contributed by atoms with Crippen LogP contribution in [0.5, 0.6) is 17.2 Å². The van der Waals surface area contributed by atoms with Crippen molar-refractivity contribution in [3.05, 3.63) is 57.7 Å². The van der Waals surface area contributed by atoms with Gasteiger partial charge < -0.3 is 23.7 Å². The highest BCUT2D eigenvalue weighted by atomic mass is 16.6. The van der Waals surface area contributed by atoms with E-state index in [1.807, 2.05) is 60.6 Å². The quantitative estimate of drug-likeness (QED) is 0.108. The number of esters is 2. The summed E-state index contributed by atoms with van der Waals surface area (Å²) in [6, 6.07) is 4.15. The van der Waals surface area contributed by atoms with Gasteiger partial charge in [-0.15, -0.1) is 0 Å². The number of hydrogen-bond acceptors (Lipinski definition) is 11. The highest BCUT2D eigenvalue weighted by molar-refractivity contribution is 6.12. The molecule has 7 unspecified atom stereocenters. The number of ether oxygens (including phenoxy) is 5. The molecule has 11 heteroatoms. The van der Waals surface area contributed by atoms with Crippen LogP contribution in [0.1, 0.15) is 109 Å². The fourth-order valence-electron chi connectivity index (χ4n) is 10.4. The van der Waals surface area contributed by atoms with E-state index in [0.29, 0.717) is 28.9 Å². The molecule has 7 aliphatic rings. The van der Waals surface area contributed by atoms with Crippen molar-refractivity contribution in [2.45, 2.75) is 116 Å². The molecule has 0 N–H and O–H groups in total. The van der Waals surface area contributed by atoms with E-state index in [1.165, 1.54) is 12.7 Å². The van der Waals surface area contributed by atoms with E-state index in [4.69, 9.17) is 23.7 Å². The van der Waals surface area contributed by atoms with E-state index in [9.17, 15) is 20.1 Å². The van der Waals surface area contributed by atoms with Gasteiger partial charge in [0.2, 0.25) is 0 Å². The summed E-state index contributed by atoms with van der Waals surface area (Å²) >= 11 is 0. The summed E-state index contributed by atoms with van der Waals surface area (Å²) in [5.41, 5.74) is -1.12. The van der Waals surface area contributed by atoms with Crippen molar-refractivity contribution >= 4 is 29.1 Å². The Labute approximate surface area is 322 Å². The highest BCUT2D eigenvalue weighted by Gasteiger charge is 2.86. The molecular weight excluding hydrogens is 700 g/mol. The number of nitrogens with zero attached hydrogens (tertiary/aromatic N) is 2. The largest absolute Gasteiger partial charge is 0.482 e. The van der Waals surface area contributed by atoms with Crippen molar-refractivity contribution in [3.63, 3.8) is 0 Å². The Morgan fingerprint density at radius 2 is 1.64 bits per heavy atom. The molecule has 55 heavy (non-hydrogen) atoms. The van der Waals surface area contributed by atoms with E-state index in [-0.39, 0.29) is 54.1 Å². The van der Waals surface area contributed by atoms with Gasteiger partial charge in [0.25, 0.3) is 0 Å². The SMILES string of the molecule is COC(=O)/C(C)=C\CC12OC(C)(C)C3CC(C1=O)C(C(C#N)C#N)C1C(=O)c4c(c(CC=C(C)C)c5c6c4OC(=O)CC6=CC(C)(CCC=C(C)C)O5)OC132. The molecule has 1 spiro atoms. The molecule has 3 saturated carbocycles. The Morgan fingerprint density at radius 3 is 2.27 bits per heavy atom. The lowest BCUT2D eigenvalue weighted by atomic mass is 9.42. The van der Waals surface area contributed by atoms with Gasteiger partial charge in [0.1, 0.15) is 28.6 Å². The molecule has 4 aliphatic heterocycles. The second kappa shape index (κ2) is 13.1. The minimum Gasteiger partial charge on any atom is -0.482 e. The Hall–Kier alpha value is -5.00. The predicted octanol–water partition coefficient (Wildman–Crippen LogP) is 7.27. The third-order valence-electron chi connectivity index (χ3n) is 12.7. The van der Waals surface area contributed by atoms with Crippen LogP contribution < -0.4 is 14.2 Å². The van der Waals surface area contributed by atoms with Gasteiger partial charge in [0.15, 0.2) is 28.5 Å². The van der Waals surface area contributed by atoms with E-state index < -0.39 is 69.7 Å². The zero-order chi connectivity index (χ0) is 40.0. The maximum atomic E-state index is 15.8. The van der Waals surface area contributed by atoms with Gasteiger partial charge in [-0.1, -0.05) is 29.4 Å². The second-order valence-electron chi connectivity index (χ2n) is 17.2. The fraction of sp³-hybridized carbons (Fsp3) is 0.545. The molecule has 1 saturated heterocycles. The minimum atomic E-state index is -1.79. The number of rotatable bonds is 9. The number of allylic oxidation sites excluding steroid dienone is 4. The van der Waals surface area contributed by atoms with Crippen LogP contribution >= 0.6 is 0 Å². The third-order valence-corrected chi connectivity index (χ3v) is 12.7. The average Bonchev–Trinajstić information content (AvgIpc) is 3.25. The van der Waals surface area contributed by atoms with E-state index in [2.05, 4.69) is 18.2 Å². The predicted molar refractivity (Wildman–Crippen MR) is 200 cm³/mol. The van der Waals surface area contributed by atoms with Gasteiger partial charge in [-0.05, 0) is 92.7 Å². The highest BCUT2D eigenvalue weighted by Crippen LogP contribution is 2.73. The standard InChI is InChI=1S/C44H48N2O9/c1-22(2)11-10-15-42(8)19-25-17-30(47)52-38-32(25)36(53-42)27(13-12-23(3)4)37-33(38)35(48)34-31(26(20-45)21-46)28-18-29-41(6,7)55-43(39(28)49,44(29,34)54-37)16-14-24(5)40(50)51-9/h11-12,14,19,26,28-29,31,34H,10,13,15-18H2,1-9H3/b24-14-. The van der Waals surface area contributed by atoms with Gasteiger partial charge in [-0.25, -0.2) is 4.79 Å². The maximum Gasteiger partial charge on any atom is 0.333 e. The molecule has 4 bridgehead atoms. The van der Waals surface area contributed by atoms with Crippen molar-refractivity contribution < 1.29 is 42.9 Å². The summed E-state index contributed by atoms with van der Waals surface area (Å²) in [7, 11) is 1.27. The van der Waals surface area contributed by atoms with Gasteiger partial charge in [-0.3, -0.25) is 14.4 Å². The van der Waals surface area contributed by atoms with Crippen molar-refractivity contribution in [3.8, 4) is 29.4 Å². The van der Waals surface area contributed by atoms with E-state index >= 15 is 9.59 Å². The maximum absolute atomic E-state index is 15.8. The number of hydrogen-bond donors (Lipinski definition) is 0. The Morgan fingerprint density at radius 1 is 0.964 bits per heavy atom. The zero-order valence-electron chi connectivity index (χ0n) is 33.0. The molecule has 1 aromatic rings. The molecular formula is C44H48N2O9. The van der Waals surface area contributed by atoms with Crippen LogP contribution in [0.25, 0.3) is 5.57 Å². The van der Waals surface area contributed by atoms with Crippen LogP contribution in [0.2, 0.25) is 0 Å². The first-order valence-electron chi connectivity index (χ1n) is 19.0. The third kappa shape index (κ3) is 5.44. The first-order chi connectivity index (χ1) is 25.9. The monoisotopic (exact) mass is 748 g/mol. The number of benzene rings is 1. The number of carbonyl (C=O) groups excluding carboxylic acids is 4. The van der Waals surface area contributed by atoms with Gasteiger partial charge >= 0.3 is 11.9 Å². The normalized spacial score (nSPS) is 31.7. The van der Waals surface area contributed by atoms with E-state index in [0.717, 1.165) is 12.0 Å². The molecule has 4 fully saturated rings. The van der Waals surface area contributed by atoms with Crippen molar-refractivity contribution in [2.75, 3.05) is 7.11 Å². The molecule has 7 atom stereocenters. The molecule has 288 valence electrons. The van der Waals surface area contributed by atoms with Crippen LogP contribution in [-0.2, 0) is 30.3 Å². The number of Topliss-reactive ketones (excluding diaryl/α,β-unsaturated/α-hetero) is 2. The molecule has 1 aromatic carbocycles. The molecule has 0 radical (unpaired) electrons. The molecule has 11 nitrogen and oxygen atoms in total. The van der Waals surface area contributed by atoms with Gasteiger partial charge in [0, 0.05) is 35.3 Å². The van der Waals surface area contributed by atoms with Crippen LogP contribution in [0.15, 0.2) is 41.0 Å². The second-order valence-corrected chi connectivity index (χ2v) is 17.2. The summed E-state index contributed by atoms with van der Waals surface area (Å²) in [5, 5.41) is 20.7. The Kier molecular flexibility index (Phi) is 9.09. The number of nitriles is 2. The topological polar surface area (TPSA) is 162 Å². The summed E-state index contributed by atoms with van der Waals surface area (Å²) in [6.45, 7) is 15.3. The van der Waals surface area contributed by atoms with Gasteiger partial charge in [0.05, 0.1) is 42.8 Å². The Balaban J connectivity index is 1.55. The molecule has 4 heterocycles. The number of methoxy groups -OCH3 is 1. The van der Waals surface area contributed by atoms with Crippen LogP contribution in [0.3, 0.4) is 0 Å². The fourth-order valence-corrected chi connectivity index (χ4v) is 10.4. The number of ketones is 2. The van der Waals surface area contributed by atoms with E-state index in [1.54, 1.807) is 13.0 Å². The summed E-state index contributed by atoms with van der Waals surface area (Å²) in [6.07, 6.45) is 9.38. The minimum absolute atomic E-state index is 0.0197. The summed E-state index contributed by atoms with van der Waals surface area (Å²) < 4.78 is 32.3. The lowest BCUT2D eigenvalue weighted by molar-refractivity contribution is -0.212. The van der Waals surface area contributed by atoms with Crippen LogP contribution in [0.4, 0.5) is 0 Å². The van der Waals surface area contributed by atoms with Crippen LogP contribution in [0, 0.1) is 52.3 Å². The molecule has 3 aliphatic carbocycles. The first-order valence-corrected chi connectivity index (χ1v) is 19.0. The van der Waals surface area contributed by atoms with Crippen molar-refractivity contribution in [2.24, 2.45) is 29.6 Å². The summed E-state index contributed by atoms with van der Waals surface area (Å²) in [4.78, 5) is 56.9. The smallest absolute Gasteiger partial charge is 0.333 e. The molecule has 0 amide bonds. The number of carbonyl (C=O) groups is 4. The first kappa shape index (κ1) is 38.3.